The van der Waals surface area contributed by atoms with E-state index in [4.69, 9.17) is 16.3 Å². The zero-order valence-electron chi connectivity index (χ0n) is 22.4. The highest BCUT2D eigenvalue weighted by molar-refractivity contribution is 7.92. The zero-order chi connectivity index (χ0) is 27.7. The van der Waals surface area contributed by atoms with Crippen molar-refractivity contribution in [3.63, 3.8) is 0 Å². The molecule has 0 saturated heterocycles. The normalized spacial score (nSPS) is 14.6. The van der Waals surface area contributed by atoms with Crippen LogP contribution in [0.4, 0.5) is 5.69 Å². The lowest BCUT2D eigenvalue weighted by Gasteiger charge is -2.32. The molecule has 2 aromatic rings. The van der Waals surface area contributed by atoms with Crippen molar-refractivity contribution in [2.45, 2.75) is 70.5 Å². The van der Waals surface area contributed by atoms with Crippen LogP contribution in [0.2, 0.25) is 5.02 Å². The molecule has 3 rings (SSSR count). The van der Waals surface area contributed by atoms with E-state index in [1.165, 1.54) is 4.31 Å². The highest BCUT2D eigenvalue weighted by Crippen LogP contribution is 2.24. The van der Waals surface area contributed by atoms with E-state index in [0.29, 0.717) is 22.9 Å². The fraction of sp³-hybridized carbons (Fsp3) is 0.500. The number of hydrogen-bond acceptors (Lipinski definition) is 5. The summed E-state index contributed by atoms with van der Waals surface area (Å²) in [7, 11) is -2.00. The highest BCUT2D eigenvalue weighted by atomic mass is 35.5. The van der Waals surface area contributed by atoms with Gasteiger partial charge in [0.2, 0.25) is 21.8 Å². The Balaban J connectivity index is 1.77. The molecule has 0 aromatic heterocycles. The topological polar surface area (TPSA) is 96.0 Å². The molecule has 1 aliphatic rings. The third-order valence-electron chi connectivity index (χ3n) is 6.82. The molecule has 2 amide bonds. The van der Waals surface area contributed by atoms with Crippen LogP contribution in [0.1, 0.15) is 57.4 Å². The quantitative estimate of drug-likeness (QED) is 0.379. The molecule has 2 aromatic carbocycles. The van der Waals surface area contributed by atoms with Gasteiger partial charge in [0.15, 0.2) is 0 Å². The van der Waals surface area contributed by atoms with Crippen LogP contribution in [0.15, 0.2) is 48.5 Å². The summed E-state index contributed by atoms with van der Waals surface area (Å²) in [6, 6.07) is 13.6. The van der Waals surface area contributed by atoms with Crippen LogP contribution in [-0.4, -0.2) is 57.1 Å². The molecule has 1 unspecified atom stereocenters. The van der Waals surface area contributed by atoms with Gasteiger partial charge >= 0.3 is 0 Å². The minimum absolute atomic E-state index is 0.0871. The summed E-state index contributed by atoms with van der Waals surface area (Å²) in [4.78, 5) is 28.5. The highest BCUT2D eigenvalue weighted by Gasteiger charge is 2.30. The predicted molar refractivity (Wildman–Crippen MR) is 151 cm³/mol. The number of amides is 2. The third-order valence-corrected chi connectivity index (χ3v) is 8.25. The second-order valence-corrected chi connectivity index (χ2v) is 12.0. The Morgan fingerprint density at radius 2 is 1.84 bits per heavy atom. The van der Waals surface area contributed by atoms with Gasteiger partial charge in [-0.2, -0.15) is 0 Å². The van der Waals surface area contributed by atoms with E-state index in [1.54, 1.807) is 36.3 Å². The van der Waals surface area contributed by atoms with Gasteiger partial charge in [-0.3, -0.25) is 13.9 Å². The number of nitrogens with one attached hydrogen (secondary N) is 1. The Labute approximate surface area is 231 Å². The monoisotopic (exact) mass is 563 g/mol. The lowest BCUT2D eigenvalue weighted by molar-refractivity contribution is -0.141. The minimum atomic E-state index is -3.59. The summed E-state index contributed by atoms with van der Waals surface area (Å²) in [6.45, 7) is 2.26. The van der Waals surface area contributed by atoms with Crippen LogP contribution in [0.25, 0.3) is 0 Å². The number of carbonyl (C=O) groups excluding carboxylic acids is 2. The Kier molecular flexibility index (Phi) is 10.8. The summed E-state index contributed by atoms with van der Waals surface area (Å²) in [6.07, 6.45) is 6.07. The van der Waals surface area contributed by atoms with Gasteiger partial charge in [-0.25, -0.2) is 8.42 Å². The average Bonchev–Trinajstić information content (AvgIpc) is 3.38. The largest absolute Gasteiger partial charge is 0.497 e. The fourth-order valence-corrected chi connectivity index (χ4v) is 6.03. The summed E-state index contributed by atoms with van der Waals surface area (Å²) < 4.78 is 31.6. The first kappa shape index (κ1) is 29.8. The minimum Gasteiger partial charge on any atom is -0.497 e. The summed E-state index contributed by atoms with van der Waals surface area (Å²) in [5.74, 6) is 0.316. The standard InChI is InChI=1S/C28H38ClN3O5S/c1-4-26(28(34)30-23-12-5-6-13-23)31(20-21-10-7-15-25(18-21)37-2)27(33)16-9-17-32(38(3,35)36)24-14-8-11-22(29)19-24/h7-8,10-11,14-15,18-19,23,26H,4-6,9,12-13,16-17,20H2,1-3H3,(H,30,34). The number of sulfonamides is 1. The Hall–Kier alpha value is -2.78. The smallest absolute Gasteiger partial charge is 0.243 e. The van der Waals surface area contributed by atoms with E-state index >= 15 is 0 Å². The SMILES string of the molecule is CCC(C(=O)NC1CCCC1)N(Cc1cccc(OC)c1)C(=O)CCCN(c1cccc(Cl)c1)S(C)(=O)=O. The van der Waals surface area contributed by atoms with Gasteiger partial charge in [0.25, 0.3) is 0 Å². The molecular formula is C28H38ClN3O5S. The maximum absolute atomic E-state index is 13.6. The van der Waals surface area contributed by atoms with E-state index in [1.807, 2.05) is 31.2 Å². The molecule has 1 aliphatic carbocycles. The molecule has 0 aliphatic heterocycles. The first-order valence-corrected chi connectivity index (χ1v) is 15.3. The number of benzene rings is 2. The van der Waals surface area contributed by atoms with Crippen LogP contribution >= 0.6 is 11.6 Å². The van der Waals surface area contributed by atoms with Crippen molar-refractivity contribution in [3.8, 4) is 5.75 Å². The second kappa shape index (κ2) is 13.8. The van der Waals surface area contributed by atoms with Gasteiger partial charge in [0, 0.05) is 30.6 Å². The van der Waals surface area contributed by atoms with Crippen molar-refractivity contribution in [3.05, 3.63) is 59.1 Å². The third kappa shape index (κ3) is 8.36. The molecule has 1 N–H and O–H groups in total. The van der Waals surface area contributed by atoms with Gasteiger partial charge in [-0.15, -0.1) is 0 Å². The van der Waals surface area contributed by atoms with Crippen molar-refractivity contribution in [1.82, 2.24) is 10.2 Å². The van der Waals surface area contributed by atoms with E-state index in [9.17, 15) is 18.0 Å². The van der Waals surface area contributed by atoms with Gasteiger partial charge in [-0.1, -0.05) is 49.6 Å². The number of anilines is 1. The Bertz CT molecular complexity index is 1200. The van der Waals surface area contributed by atoms with Crippen molar-refractivity contribution in [2.75, 3.05) is 24.2 Å². The van der Waals surface area contributed by atoms with E-state index in [0.717, 1.165) is 37.5 Å². The van der Waals surface area contributed by atoms with Gasteiger partial charge in [0.05, 0.1) is 19.1 Å². The molecule has 10 heteroatoms. The number of rotatable bonds is 13. The number of methoxy groups -OCH3 is 1. The van der Waals surface area contributed by atoms with Crippen molar-refractivity contribution >= 4 is 39.1 Å². The Morgan fingerprint density at radius 1 is 1.13 bits per heavy atom. The molecule has 0 radical (unpaired) electrons. The maximum atomic E-state index is 13.6. The molecule has 0 bridgehead atoms. The van der Waals surface area contributed by atoms with Gasteiger partial charge < -0.3 is 15.0 Å². The predicted octanol–water partition coefficient (Wildman–Crippen LogP) is 4.76. The number of halogens is 1. The van der Waals surface area contributed by atoms with E-state index < -0.39 is 16.1 Å². The van der Waals surface area contributed by atoms with Crippen molar-refractivity contribution in [1.29, 1.82) is 0 Å². The van der Waals surface area contributed by atoms with Crippen LogP contribution in [0, 0.1) is 0 Å². The van der Waals surface area contributed by atoms with Gasteiger partial charge in [0.1, 0.15) is 11.8 Å². The van der Waals surface area contributed by atoms with Crippen LogP contribution < -0.4 is 14.4 Å². The lowest BCUT2D eigenvalue weighted by atomic mass is 10.1. The first-order valence-electron chi connectivity index (χ1n) is 13.1. The molecule has 208 valence electrons. The molecule has 0 heterocycles. The average molecular weight is 564 g/mol. The number of hydrogen-bond donors (Lipinski definition) is 1. The summed E-state index contributed by atoms with van der Waals surface area (Å²) in [5.41, 5.74) is 1.30. The first-order chi connectivity index (χ1) is 18.1. The maximum Gasteiger partial charge on any atom is 0.243 e. The summed E-state index contributed by atoms with van der Waals surface area (Å²) in [5, 5.41) is 3.56. The number of nitrogens with zero attached hydrogens (tertiary/aromatic N) is 2. The molecule has 38 heavy (non-hydrogen) atoms. The molecule has 1 saturated carbocycles. The fourth-order valence-electron chi connectivity index (χ4n) is 4.89. The van der Waals surface area contributed by atoms with Crippen LogP contribution in [0.3, 0.4) is 0 Å². The van der Waals surface area contributed by atoms with Crippen LogP contribution in [-0.2, 0) is 26.2 Å². The number of ether oxygens (including phenoxy) is 1. The van der Waals surface area contributed by atoms with Gasteiger partial charge in [-0.05, 0) is 61.6 Å². The lowest BCUT2D eigenvalue weighted by Crippen LogP contribution is -2.51. The van der Waals surface area contributed by atoms with E-state index in [2.05, 4.69) is 5.32 Å². The molecule has 1 fully saturated rings. The van der Waals surface area contributed by atoms with E-state index in [-0.39, 0.29) is 43.8 Å². The van der Waals surface area contributed by atoms with Crippen LogP contribution in [0.5, 0.6) is 5.75 Å². The second-order valence-electron chi connectivity index (χ2n) is 9.71. The Morgan fingerprint density at radius 3 is 2.47 bits per heavy atom. The summed E-state index contributed by atoms with van der Waals surface area (Å²) >= 11 is 6.08. The van der Waals surface area contributed by atoms with Crippen molar-refractivity contribution < 1.29 is 22.7 Å². The molecular weight excluding hydrogens is 526 g/mol. The molecule has 1 atom stereocenters. The van der Waals surface area contributed by atoms with Crippen molar-refractivity contribution in [2.24, 2.45) is 0 Å². The number of carbonyl (C=O) groups is 2. The molecule has 8 nitrogen and oxygen atoms in total. The zero-order valence-corrected chi connectivity index (χ0v) is 23.9. The molecule has 0 spiro atoms.